The minimum Gasteiger partial charge on any atom is -0.495 e. The molecule has 0 amide bonds. The first-order chi connectivity index (χ1) is 9.02. The monoisotopic (exact) mass is 320 g/mol. The van der Waals surface area contributed by atoms with Crippen LogP contribution in [0, 0.1) is 13.8 Å². The number of rotatable bonds is 3. The first-order valence-electron chi connectivity index (χ1n) is 5.99. The fourth-order valence-corrected chi connectivity index (χ4v) is 2.23. The van der Waals surface area contributed by atoms with Crippen LogP contribution < -0.4 is 15.8 Å². The Morgan fingerprint density at radius 1 is 1.16 bits per heavy atom. The van der Waals surface area contributed by atoms with E-state index in [1.54, 1.807) is 7.11 Å². The SMILES string of the molecule is COc1cccc(Nc2cc(C)c(Br)c(C)c2)c1N. The number of benzene rings is 2. The van der Waals surface area contributed by atoms with Crippen LogP contribution in [0.2, 0.25) is 0 Å². The van der Waals surface area contributed by atoms with Crippen molar-refractivity contribution in [1.29, 1.82) is 0 Å². The highest BCUT2D eigenvalue weighted by Crippen LogP contribution is 2.33. The summed E-state index contributed by atoms with van der Waals surface area (Å²) < 4.78 is 6.35. The van der Waals surface area contributed by atoms with Gasteiger partial charge in [0.15, 0.2) is 0 Å². The minimum atomic E-state index is 0.614. The molecular weight excluding hydrogens is 304 g/mol. The number of anilines is 3. The molecule has 0 aliphatic rings. The molecule has 0 aliphatic heterocycles. The maximum absolute atomic E-state index is 6.05. The zero-order valence-electron chi connectivity index (χ0n) is 11.3. The van der Waals surface area contributed by atoms with Gasteiger partial charge in [0.1, 0.15) is 5.75 Å². The minimum absolute atomic E-state index is 0.614. The third-order valence-electron chi connectivity index (χ3n) is 3.00. The molecule has 2 rings (SSSR count). The summed E-state index contributed by atoms with van der Waals surface area (Å²) in [6.45, 7) is 4.13. The molecule has 4 heteroatoms. The smallest absolute Gasteiger partial charge is 0.143 e. The molecular formula is C15H17BrN2O. The zero-order chi connectivity index (χ0) is 14.0. The molecule has 0 atom stereocenters. The predicted molar refractivity (Wildman–Crippen MR) is 84.3 cm³/mol. The molecule has 2 aromatic rings. The molecule has 0 radical (unpaired) electrons. The molecule has 19 heavy (non-hydrogen) atoms. The number of aryl methyl sites for hydroxylation is 2. The van der Waals surface area contributed by atoms with Gasteiger partial charge in [-0.3, -0.25) is 0 Å². The summed E-state index contributed by atoms with van der Waals surface area (Å²) in [6, 6.07) is 9.85. The quantitative estimate of drug-likeness (QED) is 0.824. The summed E-state index contributed by atoms with van der Waals surface area (Å²) in [6.07, 6.45) is 0. The standard InChI is InChI=1S/C15H17BrN2O/c1-9-7-11(8-10(2)14(9)16)18-12-5-4-6-13(19-3)15(12)17/h4-8,18H,17H2,1-3H3. The number of hydrogen-bond donors (Lipinski definition) is 2. The molecule has 0 bridgehead atoms. The van der Waals surface area contributed by atoms with E-state index in [9.17, 15) is 0 Å². The van der Waals surface area contributed by atoms with Crippen molar-refractivity contribution in [2.24, 2.45) is 0 Å². The highest BCUT2D eigenvalue weighted by atomic mass is 79.9. The van der Waals surface area contributed by atoms with Crippen LogP contribution >= 0.6 is 15.9 Å². The molecule has 3 nitrogen and oxygen atoms in total. The summed E-state index contributed by atoms with van der Waals surface area (Å²) in [7, 11) is 1.61. The van der Waals surface area contributed by atoms with Crippen LogP contribution in [0.15, 0.2) is 34.8 Å². The second kappa shape index (κ2) is 5.53. The number of methoxy groups -OCH3 is 1. The molecule has 0 aromatic heterocycles. The van der Waals surface area contributed by atoms with Gasteiger partial charge in [-0.1, -0.05) is 22.0 Å². The van der Waals surface area contributed by atoms with Gasteiger partial charge in [-0.15, -0.1) is 0 Å². The van der Waals surface area contributed by atoms with E-state index in [-0.39, 0.29) is 0 Å². The summed E-state index contributed by atoms with van der Waals surface area (Å²) in [5.41, 5.74) is 10.9. The largest absolute Gasteiger partial charge is 0.495 e. The van der Waals surface area contributed by atoms with Gasteiger partial charge in [0.25, 0.3) is 0 Å². The normalized spacial score (nSPS) is 10.3. The average Bonchev–Trinajstić information content (AvgIpc) is 2.38. The van der Waals surface area contributed by atoms with Gasteiger partial charge in [-0.2, -0.15) is 0 Å². The van der Waals surface area contributed by atoms with Gasteiger partial charge in [-0.05, 0) is 49.2 Å². The molecule has 0 fully saturated rings. The molecule has 0 heterocycles. The Bertz CT molecular complexity index is 588. The predicted octanol–water partition coefficient (Wildman–Crippen LogP) is 4.40. The second-order valence-electron chi connectivity index (χ2n) is 4.47. The topological polar surface area (TPSA) is 47.3 Å². The lowest BCUT2D eigenvalue weighted by Gasteiger charge is -2.14. The van der Waals surface area contributed by atoms with E-state index < -0.39 is 0 Å². The van der Waals surface area contributed by atoms with Gasteiger partial charge >= 0.3 is 0 Å². The highest BCUT2D eigenvalue weighted by Gasteiger charge is 2.07. The lowest BCUT2D eigenvalue weighted by molar-refractivity contribution is 0.417. The Labute approximate surface area is 121 Å². The third kappa shape index (κ3) is 2.84. The van der Waals surface area contributed by atoms with E-state index in [2.05, 4.69) is 47.2 Å². The Morgan fingerprint density at radius 3 is 2.37 bits per heavy atom. The van der Waals surface area contributed by atoms with Crippen molar-refractivity contribution < 1.29 is 4.74 Å². The van der Waals surface area contributed by atoms with Crippen LogP contribution in [-0.4, -0.2) is 7.11 Å². The molecule has 3 N–H and O–H groups in total. The fourth-order valence-electron chi connectivity index (χ4n) is 2.00. The highest BCUT2D eigenvalue weighted by molar-refractivity contribution is 9.10. The fraction of sp³-hybridized carbons (Fsp3) is 0.200. The summed E-state index contributed by atoms with van der Waals surface area (Å²) in [4.78, 5) is 0. The van der Waals surface area contributed by atoms with Gasteiger partial charge in [0.2, 0.25) is 0 Å². The third-order valence-corrected chi connectivity index (χ3v) is 4.25. The number of nitrogen functional groups attached to an aromatic ring is 1. The Morgan fingerprint density at radius 2 is 1.79 bits per heavy atom. The summed E-state index contributed by atoms with van der Waals surface area (Å²) in [5.74, 6) is 0.676. The lowest BCUT2D eigenvalue weighted by Crippen LogP contribution is -1.99. The molecule has 0 saturated carbocycles. The number of nitrogens with one attached hydrogen (secondary N) is 1. The van der Waals surface area contributed by atoms with Gasteiger partial charge in [0, 0.05) is 10.2 Å². The van der Waals surface area contributed by atoms with Gasteiger partial charge in [0.05, 0.1) is 18.5 Å². The molecule has 2 aromatic carbocycles. The van der Waals surface area contributed by atoms with Crippen molar-refractivity contribution in [2.45, 2.75) is 13.8 Å². The zero-order valence-corrected chi connectivity index (χ0v) is 12.8. The van der Waals surface area contributed by atoms with Crippen LogP contribution in [0.1, 0.15) is 11.1 Å². The van der Waals surface area contributed by atoms with Gasteiger partial charge in [-0.25, -0.2) is 0 Å². The van der Waals surface area contributed by atoms with E-state index in [0.717, 1.165) is 15.8 Å². The summed E-state index contributed by atoms with van der Waals surface area (Å²) >= 11 is 3.56. The van der Waals surface area contributed by atoms with Crippen LogP contribution in [-0.2, 0) is 0 Å². The molecule has 0 aliphatic carbocycles. The first kappa shape index (κ1) is 13.7. The van der Waals surface area contributed by atoms with Crippen LogP contribution in [0.25, 0.3) is 0 Å². The maximum atomic E-state index is 6.05. The van der Waals surface area contributed by atoms with Crippen LogP contribution in [0.3, 0.4) is 0 Å². The van der Waals surface area contributed by atoms with E-state index >= 15 is 0 Å². The first-order valence-corrected chi connectivity index (χ1v) is 6.78. The molecule has 0 saturated heterocycles. The van der Waals surface area contributed by atoms with Crippen molar-refractivity contribution in [1.82, 2.24) is 0 Å². The van der Waals surface area contributed by atoms with E-state index in [4.69, 9.17) is 10.5 Å². The number of ether oxygens (including phenoxy) is 1. The van der Waals surface area contributed by atoms with Crippen molar-refractivity contribution in [3.63, 3.8) is 0 Å². The lowest BCUT2D eigenvalue weighted by atomic mass is 10.1. The number of hydrogen-bond acceptors (Lipinski definition) is 3. The van der Waals surface area contributed by atoms with E-state index in [1.165, 1.54) is 11.1 Å². The van der Waals surface area contributed by atoms with E-state index in [0.29, 0.717) is 11.4 Å². The number of halogens is 1. The average molecular weight is 321 g/mol. The molecule has 0 unspecified atom stereocenters. The van der Waals surface area contributed by atoms with Gasteiger partial charge < -0.3 is 15.8 Å². The van der Waals surface area contributed by atoms with Crippen molar-refractivity contribution in [2.75, 3.05) is 18.2 Å². The Balaban J connectivity index is 2.36. The number of nitrogens with two attached hydrogens (primary N) is 1. The Kier molecular flexibility index (Phi) is 4.00. The molecule has 0 spiro atoms. The maximum Gasteiger partial charge on any atom is 0.143 e. The second-order valence-corrected chi connectivity index (χ2v) is 5.26. The van der Waals surface area contributed by atoms with Crippen LogP contribution in [0.4, 0.5) is 17.1 Å². The summed E-state index contributed by atoms with van der Waals surface area (Å²) in [5, 5.41) is 3.33. The number of para-hydroxylation sites is 1. The van der Waals surface area contributed by atoms with Crippen molar-refractivity contribution in [3.8, 4) is 5.75 Å². The Hall–Kier alpha value is -1.68. The van der Waals surface area contributed by atoms with E-state index in [1.807, 2.05) is 18.2 Å². The molecule has 100 valence electrons. The van der Waals surface area contributed by atoms with Crippen molar-refractivity contribution >= 4 is 33.0 Å². The van der Waals surface area contributed by atoms with Crippen LogP contribution in [0.5, 0.6) is 5.75 Å². The van der Waals surface area contributed by atoms with Crippen molar-refractivity contribution in [3.05, 3.63) is 45.9 Å².